The van der Waals surface area contributed by atoms with Crippen LogP contribution in [0.4, 0.5) is 13.2 Å². The molecule has 1 rings (SSSR count). The van der Waals surface area contributed by atoms with Gasteiger partial charge in [0.25, 0.3) is 0 Å². The highest BCUT2D eigenvalue weighted by atomic mass is 19.4. The summed E-state index contributed by atoms with van der Waals surface area (Å²) in [6.07, 6.45) is -3.27. The molecule has 1 N–H and O–H groups in total. The van der Waals surface area contributed by atoms with Gasteiger partial charge in [-0.15, -0.1) is 5.10 Å². The Kier molecular flexibility index (Phi) is 4.44. The monoisotopic (exact) mass is 253 g/mol. The van der Waals surface area contributed by atoms with E-state index in [1.165, 1.54) is 10.9 Å². The van der Waals surface area contributed by atoms with Crippen molar-refractivity contribution in [3.05, 3.63) is 11.9 Å². The van der Waals surface area contributed by atoms with Crippen LogP contribution in [0.1, 0.15) is 5.69 Å². The largest absolute Gasteiger partial charge is 0.481 e. The minimum absolute atomic E-state index is 0.0860. The molecule has 0 aliphatic heterocycles. The molecule has 0 bridgehead atoms. The summed E-state index contributed by atoms with van der Waals surface area (Å²) >= 11 is 0. The van der Waals surface area contributed by atoms with Crippen LogP contribution in [0.15, 0.2) is 6.20 Å². The van der Waals surface area contributed by atoms with Crippen molar-refractivity contribution in [2.75, 3.05) is 13.2 Å². The maximum Gasteiger partial charge on any atom is 0.411 e. The molecule has 0 aromatic carbocycles. The average Bonchev–Trinajstić information content (AvgIpc) is 2.58. The van der Waals surface area contributed by atoms with Gasteiger partial charge in [0, 0.05) is 6.20 Å². The maximum atomic E-state index is 11.7. The number of carboxylic acid groups (broad SMARTS) is 1. The summed E-state index contributed by atoms with van der Waals surface area (Å²) in [6, 6.07) is 0. The van der Waals surface area contributed by atoms with Crippen molar-refractivity contribution in [1.82, 2.24) is 15.0 Å². The highest BCUT2D eigenvalue weighted by Gasteiger charge is 2.27. The zero-order chi connectivity index (χ0) is 12.9. The summed E-state index contributed by atoms with van der Waals surface area (Å²) < 4.78 is 40.7. The smallest absolute Gasteiger partial charge is 0.411 e. The van der Waals surface area contributed by atoms with Gasteiger partial charge in [0.05, 0.1) is 25.3 Å². The van der Waals surface area contributed by atoms with Crippen molar-refractivity contribution in [2.45, 2.75) is 19.1 Å². The molecule has 9 heteroatoms. The summed E-state index contributed by atoms with van der Waals surface area (Å²) in [5.41, 5.74) is 0.244. The number of alkyl halides is 3. The first-order chi connectivity index (χ1) is 7.87. The van der Waals surface area contributed by atoms with E-state index in [0.717, 1.165) is 0 Å². The predicted molar refractivity (Wildman–Crippen MR) is 48.2 cm³/mol. The highest BCUT2D eigenvalue weighted by molar-refractivity contribution is 5.69. The fourth-order valence-corrected chi connectivity index (χ4v) is 1.03. The average molecular weight is 253 g/mol. The molecule has 0 radical (unpaired) electrons. The van der Waals surface area contributed by atoms with Crippen LogP contribution in [0.25, 0.3) is 0 Å². The summed E-state index contributed by atoms with van der Waals surface area (Å²) in [4.78, 5) is 10.3. The molecule has 6 nitrogen and oxygen atoms in total. The highest BCUT2D eigenvalue weighted by Crippen LogP contribution is 2.14. The summed E-state index contributed by atoms with van der Waals surface area (Å²) in [7, 11) is 0. The third kappa shape index (κ3) is 5.85. The van der Waals surface area contributed by atoms with E-state index in [2.05, 4.69) is 15.0 Å². The van der Waals surface area contributed by atoms with E-state index in [-0.39, 0.29) is 25.3 Å². The molecule has 1 aromatic heterocycles. The zero-order valence-corrected chi connectivity index (χ0v) is 8.65. The van der Waals surface area contributed by atoms with Gasteiger partial charge in [-0.25, -0.2) is 4.68 Å². The van der Waals surface area contributed by atoms with Gasteiger partial charge in [0.1, 0.15) is 6.61 Å². The van der Waals surface area contributed by atoms with Crippen LogP contribution in [0.5, 0.6) is 0 Å². The third-order valence-electron chi connectivity index (χ3n) is 1.65. The standard InChI is InChI=1S/C8H10F3N3O3/c9-8(10,11)5-17-2-1-14-4-6(12-13-14)3-7(15)16/h4H,1-3,5H2,(H,15,16). The number of aliphatic carboxylic acids is 1. The number of ether oxygens (including phenoxy) is 1. The van der Waals surface area contributed by atoms with Crippen molar-refractivity contribution in [3.63, 3.8) is 0 Å². The lowest BCUT2D eigenvalue weighted by atomic mass is 10.3. The van der Waals surface area contributed by atoms with Crippen LogP contribution in [0, 0.1) is 0 Å². The van der Waals surface area contributed by atoms with Crippen LogP contribution in [-0.4, -0.2) is 45.5 Å². The van der Waals surface area contributed by atoms with E-state index >= 15 is 0 Å². The zero-order valence-electron chi connectivity index (χ0n) is 8.65. The second-order valence-corrected chi connectivity index (χ2v) is 3.21. The number of nitrogens with zero attached hydrogens (tertiary/aromatic N) is 3. The van der Waals surface area contributed by atoms with Gasteiger partial charge in [-0.05, 0) is 0 Å². The van der Waals surface area contributed by atoms with Crippen LogP contribution >= 0.6 is 0 Å². The number of aromatic nitrogens is 3. The van der Waals surface area contributed by atoms with Gasteiger partial charge in [-0.3, -0.25) is 4.79 Å². The number of hydrogen-bond acceptors (Lipinski definition) is 4. The van der Waals surface area contributed by atoms with Gasteiger partial charge < -0.3 is 9.84 Å². The summed E-state index contributed by atoms with van der Waals surface area (Å²) in [6.45, 7) is -1.40. The van der Waals surface area contributed by atoms with Gasteiger partial charge >= 0.3 is 12.1 Å². The van der Waals surface area contributed by atoms with E-state index in [1.54, 1.807) is 0 Å². The Labute approximate surface area is 94.0 Å². The first-order valence-electron chi connectivity index (χ1n) is 4.62. The number of carboxylic acids is 1. The molecular formula is C8H10F3N3O3. The Bertz CT molecular complexity index is 378. The van der Waals surface area contributed by atoms with Crippen LogP contribution in [0.2, 0.25) is 0 Å². The van der Waals surface area contributed by atoms with Crippen molar-refractivity contribution < 1.29 is 27.8 Å². The lowest BCUT2D eigenvalue weighted by Gasteiger charge is -2.06. The molecule has 0 saturated heterocycles. The van der Waals surface area contributed by atoms with E-state index < -0.39 is 18.8 Å². The van der Waals surface area contributed by atoms with Crippen LogP contribution < -0.4 is 0 Å². The summed E-state index contributed by atoms with van der Waals surface area (Å²) in [5.74, 6) is -1.05. The quantitative estimate of drug-likeness (QED) is 0.746. The second-order valence-electron chi connectivity index (χ2n) is 3.21. The number of halogens is 3. The first-order valence-corrected chi connectivity index (χ1v) is 4.62. The lowest BCUT2D eigenvalue weighted by molar-refractivity contribution is -0.174. The predicted octanol–water partition coefficient (Wildman–Crippen LogP) is 0.484. The molecule has 0 atom stereocenters. The molecule has 1 aromatic rings. The molecule has 1 heterocycles. The van der Waals surface area contributed by atoms with Gasteiger partial charge in [0.15, 0.2) is 0 Å². The normalized spacial score (nSPS) is 11.7. The molecule has 0 saturated carbocycles. The third-order valence-corrected chi connectivity index (χ3v) is 1.65. The summed E-state index contributed by atoms with van der Waals surface area (Å²) in [5, 5.41) is 15.5. The number of rotatable bonds is 6. The molecule has 0 unspecified atom stereocenters. The fourth-order valence-electron chi connectivity index (χ4n) is 1.03. The molecule has 0 spiro atoms. The number of carbonyl (C=O) groups is 1. The Balaban J connectivity index is 2.28. The van der Waals surface area contributed by atoms with Crippen LogP contribution in [-0.2, 0) is 22.5 Å². The minimum Gasteiger partial charge on any atom is -0.481 e. The van der Waals surface area contributed by atoms with E-state index in [4.69, 9.17) is 5.11 Å². The van der Waals surface area contributed by atoms with Gasteiger partial charge in [-0.1, -0.05) is 5.21 Å². The van der Waals surface area contributed by atoms with Crippen molar-refractivity contribution >= 4 is 5.97 Å². The Hall–Kier alpha value is -1.64. The van der Waals surface area contributed by atoms with Crippen molar-refractivity contribution in [1.29, 1.82) is 0 Å². The lowest BCUT2D eigenvalue weighted by Crippen LogP contribution is -2.19. The Morgan fingerprint density at radius 1 is 1.53 bits per heavy atom. The SMILES string of the molecule is O=C(O)Cc1cn(CCOCC(F)(F)F)nn1. The Morgan fingerprint density at radius 2 is 2.24 bits per heavy atom. The van der Waals surface area contributed by atoms with E-state index in [1.807, 2.05) is 0 Å². The molecule has 17 heavy (non-hydrogen) atoms. The molecule has 0 fully saturated rings. The molecule has 96 valence electrons. The van der Waals surface area contributed by atoms with E-state index in [9.17, 15) is 18.0 Å². The molecule has 0 amide bonds. The molecule has 0 aliphatic rings. The van der Waals surface area contributed by atoms with Crippen LogP contribution in [0.3, 0.4) is 0 Å². The minimum atomic E-state index is -4.35. The molecular weight excluding hydrogens is 243 g/mol. The van der Waals surface area contributed by atoms with Gasteiger partial charge in [0.2, 0.25) is 0 Å². The maximum absolute atomic E-state index is 11.7. The topological polar surface area (TPSA) is 77.2 Å². The Morgan fingerprint density at radius 3 is 2.82 bits per heavy atom. The first kappa shape index (κ1) is 13.4. The second kappa shape index (κ2) is 5.62. The fraction of sp³-hybridized carbons (Fsp3) is 0.625. The number of hydrogen-bond donors (Lipinski definition) is 1. The van der Waals surface area contributed by atoms with Crippen molar-refractivity contribution in [3.8, 4) is 0 Å². The molecule has 0 aliphatic carbocycles. The van der Waals surface area contributed by atoms with E-state index in [0.29, 0.717) is 0 Å². The van der Waals surface area contributed by atoms with Crippen molar-refractivity contribution in [2.24, 2.45) is 0 Å². The van der Waals surface area contributed by atoms with Gasteiger partial charge in [-0.2, -0.15) is 13.2 Å².